The maximum Gasteiger partial charge on any atom is 0.260 e. The van der Waals surface area contributed by atoms with E-state index in [4.69, 9.17) is 15.0 Å². The van der Waals surface area contributed by atoms with E-state index in [0.717, 1.165) is 0 Å². The van der Waals surface area contributed by atoms with Gasteiger partial charge in [0.15, 0.2) is 28.9 Å². The largest absolute Gasteiger partial charge is 0.380 e. The van der Waals surface area contributed by atoms with E-state index < -0.39 is 23.5 Å². The molecule has 1 aliphatic heterocycles. The number of carbonyl (C=O) groups excluding carboxylic acids is 2. The summed E-state index contributed by atoms with van der Waals surface area (Å²) in [7, 11) is 0. The third-order valence-electron chi connectivity index (χ3n) is 5.50. The Morgan fingerprint density at radius 2 is 2.15 bits per heavy atom. The van der Waals surface area contributed by atoms with Crippen molar-refractivity contribution in [3.05, 3.63) is 48.9 Å². The number of aliphatic hydroxyl groups is 1. The van der Waals surface area contributed by atoms with Crippen molar-refractivity contribution in [3.63, 3.8) is 0 Å². The number of nitrogen functional groups attached to an aromatic ring is 1. The quantitative estimate of drug-likeness (QED) is 0.377. The Labute approximate surface area is 192 Å². The molecule has 2 atom stereocenters. The van der Waals surface area contributed by atoms with Crippen molar-refractivity contribution in [2.75, 3.05) is 29.1 Å². The van der Waals surface area contributed by atoms with E-state index in [9.17, 15) is 14.7 Å². The minimum absolute atomic E-state index is 0.104. The number of nitrogens with two attached hydrogens (primary N) is 1. The highest BCUT2D eigenvalue weighted by Crippen LogP contribution is 2.27. The number of amides is 2. The molecule has 34 heavy (non-hydrogen) atoms. The van der Waals surface area contributed by atoms with Gasteiger partial charge in [0, 0.05) is 24.0 Å². The molecule has 1 fully saturated rings. The molecule has 0 unspecified atom stereocenters. The summed E-state index contributed by atoms with van der Waals surface area (Å²) < 4.78 is 12.2. The first-order valence-corrected chi connectivity index (χ1v) is 10.3. The minimum atomic E-state index is -2.18. The van der Waals surface area contributed by atoms with Crippen LogP contribution in [0.1, 0.15) is 6.92 Å². The van der Waals surface area contributed by atoms with Crippen LogP contribution >= 0.6 is 0 Å². The molecule has 4 aromatic rings. The number of aromatic nitrogens is 5. The Morgan fingerprint density at radius 3 is 2.94 bits per heavy atom. The van der Waals surface area contributed by atoms with Crippen molar-refractivity contribution < 1.29 is 24.0 Å². The van der Waals surface area contributed by atoms with Crippen LogP contribution in [0.2, 0.25) is 0 Å². The highest BCUT2D eigenvalue weighted by atomic mass is 16.5. The number of rotatable bonds is 5. The van der Waals surface area contributed by atoms with E-state index >= 15 is 0 Å². The average Bonchev–Trinajstić information content (AvgIpc) is 3.47. The topological polar surface area (TPSA) is 175 Å². The van der Waals surface area contributed by atoms with E-state index in [1.807, 2.05) is 0 Å². The highest BCUT2D eigenvalue weighted by Gasteiger charge is 2.48. The molecular weight excluding hydrogens is 444 g/mol. The molecule has 1 saturated heterocycles. The van der Waals surface area contributed by atoms with Crippen LogP contribution in [0.4, 0.5) is 17.3 Å². The van der Waals surface area contributed by atoms with Crippen LogP contribution in [-0.2, 0) is 14.3 Å². The summed E-state index contributed by atoms with van der Waals surface area (Å²) >= 11 is 0. The van der Waals surface area contributed by atoms with E-state index in [1.165, 1.54) is 30.3 Å². The molecule has 1 aliphatic rings. The molecule has 174 valence electrons. The molecule has 5 rings (SSSR count). The number of hydrogen-bond acceptors (Lipinski definition) is 10. The molecule has 0 saturated carbocycles. The molecule has 2 amide bonds. The molecule has 0 spiro atoms. The number of nitrogens with one attached hydrogen (secondary N) is 1. The van der Waals surface area contributed by atoms with Gasteiger partial charge in [0.2, 0.25) is 0 Å². The predicted octanol–water partition coefficient (Wildman–Crippen LogP) is 0.507. The zero-order chi connectivity index (χ0) is 23.9. The smallest absolute Gasteiger partial charge is 0.260 e. The maximum absolute atomic E-state index is 13.2. The van der Waals surface area contributed by atoms with Crippen molar-refractivity contribution >= 4 is 40.1 Å². The Balaban J connectivity index is 1.34. The van der Waals surface area contributed by atoms with Crippen molar-refractivity contribution in [2.24, 2.45) is 0 Å². The Morgan fingerprint density at radius 1 is 1.29 bits per heavy atom. The van der Waals surface area contributed by atoms with Crippen LogP contribution in [0, 0.1) is 0 Å². The Kier molecular flexibility index (Phi) is 5.18. The first kappa shape index (κ1) is 21.5. The van der Waals surface area contributed by atoms with Gasteiger partial charge >= 0.3 is 0 Å². The molecule has 0 radical (unpaired) electrons. The molecule has 0 aliphatic carbocycles. The standard InChI is InChI=1S/C21H20N8O5/c1-21(32,20(31)25-12-2-3-14-15(10-12)34-27-18(14)22)17-19(30)28(8-9-33-17)16-5-7-29(26-16)13-4-6-23-24-11-13/h2-7,10-11,17,32H,8-9H2,1H3,(H2,22,27)(H,25,31)/t17-,21+/m0/s1. The lowest BCUT2D eigenvalue weighted by Gasteiger charge is -2.37. The molecule has 4 N–H and O–H groups in total. The monoisotopic (exact) mass is 464 g/mol. The SMILES string of the molecule is C[C@](O)(C(=O)Nc1ccc2c(N)noc2c1)[C@H]1OCCN(c2ccn(-c3ccnnc3)n2)C1=O. The summed E-state index contributed by atoms with van der Waals surface area (Å²) in [5, 5.41) is 29.8. The summed E-state index contributed by atoms with van der Waals surface area (Å²) in [4.78, 5) is 27.5. The third-order valence-corrected chi connectivity index (χ3v) is 5.50. The lowest BCUT2D eigenvalue weighted by atomic mass is 9.95. The van der Waals surface area contributed by atoms with Gasteiger partial charge in [-0.15, -0.1) is 5.10 Å². The van der Waals surface area contributed by atoms with Gasteiger partial charge in [0.05, 0.1) is 36.6 Å². The van der Waals surface area contributed by atoms with Crippen LogP contribution < -0.4 is 16.0 Å². The number of carbonyl (C=O) groups is 2. The second-order valence-corrected chi connectivity index (χ2v) is 7.84. The zero-order valence-corrected chi connectivity index (χ0v) is 18.0. The molecule has 4 heterocycles. The first-order chi connectivity index (χ1) is 16.3. The van der Waals surface area contributed by atoms with Gasteiger partial charge in [-0.25, -0.2) is 4.68 Å². The van der Waals surface area contributed by atoms with Crippen LogP contribution in [0.25, 0.3) is 16.7 Å². The van der Waals surface area contributed by atoms with E-state index in [0.29, 0.717) is 28.2 Å². The summed E-state index contributed by atoms with van der Waals surface area (Å²) in [6.07, 6.45) is 3.28. The molecule has 13 nitrogen and oxygen atoms in total. The van der Waals surface area contributed by atoms with E-state index in [2.05, 4.69) is 25.8 Å². The lowest BCUT2D eigenvalue weighted by molar-refractivity contribution is -0.165. The first-order valence-electron chi connectivity index (χ1n) is 10.3. The normalized spacial score (nSPS) is 18.1. The Hall–Kier alpha value is -4.36. The molecule has 13 heteroatoms. The van der Waals surface area contributed by atoms with Crippen molar-refractivity contribution in [1.82, 2.24) is 25.1 Å². The minimum Gasteiger partial charge on any atom is -0.380 e. The fourth-order valence-electron chi connectivity index (χ4n) is 3.65. The van der Waals surface area contributed by atoms with Crippen molar-refractivity contribution in [2.45, 2.75) is 18.6 Å². The highest BCUT2D eigenvalue weighted by molar-refractivity contribution is 6.06. The number of hydrogen-bond donors (Lipinski definition) is 3. The summed E-state index contributed by atoms with van der Waals surface area (Å²) in [5.41, 5.74) is 4.89. The molecule has 1 aromatic carbocycles. The van der Waals surface area contributed by atoms with Crippen molar-refractivity contribution in [3.8, 4) is 5.69 Å². The second-order valence-electron chi connectivity index (χ2n) is 7.84. The average molecular weight is 464 g/mol. The summed E-state index contributed by atoms with van der Waals surface area (Å²) in [6.45, 7) is 1.54. The van der Waals surface area contributed by atoms with Gasteiger partial charge < -0.3 is 25.4 Å². The zero-order valence-electron chi connectivity index (χ0n) is 18.0. The van der Waals surface area contributed by atoms with Gasteiger partial charge in [-0.2, -0.15) is 10.2 Å². The summed E-state index contributed by atoms with van der Waals surface area (Å²) in [5.74, 6) is -0.848. The third kappa shape index (κ3) is 3.72. The summed E-state index contributed by atoms with van der Waals surface area (Å²) in [6, 6.07) is 8.09. The van der Waals surface area contributed by atoms with Crippen LogP contribution in [-0.4, -0.2) is 66.9 Å². The van der Waals surface area contributed by atoms with Crippen LogP contribution in [0.15, 0.2) is 53.4 Å². The van der Waals surface area contributed by atoms with E-state index in [-0.39, 0.29) is 19.0 Å². The number of benzene rings is 1. The second kappa shape index (κ2) is 8.20. The fourth-order valence-corrected chi connectivity index (χ4v) is 3.65. The van der Waals surface area contributed by atoms with Gasteiger partial charge in [0.25, 0.3) is 11.8 Å². The number of anilines is 3. The van der Waals surface area contributed by atoms with Crippen LogP contribution in [0.3, 0.4) is 0 Å². The molecule has 3 aromatic heterocycles. The van der Waals surface area contributed by atoms with Crippen molar-refractivity contribution in [1.29, 1.82) is 0 Å². The number of fused-ring (bicyclic) bond motifs is 1. The van der Waals surface area contributed by atoms with Gasteiger partial charge in [-0.3, -0.25) is 14.5 Å². The fraction of sp³-hybridized carbons (Fsp3) is 0.238. The van der Waals surface area contributed by atoms with Gasteiger partial charge in [-0.05, 0) is 25.1 Å². The molecule has 0 bridgehead atoms. The number of nitrogens with zero attached hydrogens (tertiary/aromatic N) is 6. The lowest BCUT2D eigenvalue weighted by Crippen LogP contribution is -2.61. The number of ether oxygens (including phenoxy) is 1. The predicted molar refractivity (Wildman–Crippen MR) is 119 cm³/mol. The number of morpholine rings is 1. The van der Waals surface area contributed by atoms with E-state index in [1.54, 1.807) is 35.1 Å². The van der Waals surface area contributed by atoms with Gasteiger partial charge in [0.1, 0.15) is 0 Å². The maximum atomic E-state index is 13.2. The molecular formula is C21H20N8O5. The Bertz CT molecular complexity index is 1370. The van der Waals surface area contributed by atoms with Crippen LogP contribution in [0.5, 0.6) is 0 Å². The van der Waals surface area contributed by atoms with Gasteiger partial charge in [-0.1, -0.05) is 5.16 Å².